The standard InChI is InChI=1S/C14H17N3O/c1-9-4-5-13(18-3)11(6-9)14(15)12-8-16-10(2)7-17-12/h4-8,14H,15H2,1-3H3. The summed E-state index contributed by atoms with van der Waals surface area (Å²) in [4.78, 5) is 8.54. The lowest BCUT2D eigenvalue weighted by Crippen LogP contribution is -2.15. The van der Waals surface area contributed by atoms with Crippen LogP contribution in [-0.4, -0.2) is 17.1 Å². The van der Waals surface area contributed by atoms with Gasteiger partial charge in [-0.15, -0.1) is 0 Å². The molecule has 2 aromatic rings. The molecule has 18 heavy (non-hydrogen) atoms. The van der Waals surface area contributed by atoms with Crippen LogP contribution in [-0.2, 0) is 0 Å². The van der Waals surface area contributed by atoms with Crippen molar-refractivity contribution in [2.24, 2.45) is 5.73 Å². The second-order valence-electron chi connectivity index (χ2n) is 4.31. The van der Waals surface area contributed by atoms with E-state index in [0.717, 1.165) is 28.3 Å². The van der Waals surface area contributed by atoms with Crippen LogP contribution in [0.15, 0.2) is 30.6 Å². The Morgan fingerprint density at radius 2 is 1.94 bits per heavy atom. The van der Waals surface area contributed by atoms with Gasteiger partial charge in [0.2, 0.25) is 0 Å². The van der Waals surface area contributed by atoms with Gasteiger partial charge in [-0.25, -0.2) is 0 Å². The summed E-state index contributed by atoms with van der Waals surface area (Å²) in [7, 11) is 1.64. The maximum Gasteiger partial charge on any atom is 0.124 e. The summed E-state index contributed by atoms with van der Waals surface area (Å²) >= 11 is 0. The van der Waals surface area contributed by atoms with Crippen LogP contribution < -0.4 is 10.5 Å². The molecule has 0 amide bonds. The van der Waals surface area contributed by atoms with Crippen LogP contribution in [0.1, 0.15) is 28.6 Å². The topological polar surface area (TPSA) is 61.0 Å². The zero-order valence-electron chi connectivity index (χ0n) is 10.8. The van der Waals surface area contributed by atoms with E-state index in [1.165, 1.54) is 0 Å². The van der Waals surface area contributed by atoms with Crippen LogP contribution in [0.2, 0.25) is 0 Å². The van der Waals surface area contributed by atoms with Crippen LogP contribution in [0.25, 0.3) is 0 Å². The van der Waals surface area contributed by atoms with Crippen molar-refractivity contribution in [3.8, 4) is 5.75 Å². The molecule has 2 N–H and O–H groups in total. The van der Waals surface area contributed by atoms with Crippen molar-refractivity contribution in [1.29, 1.82) is 0 Å². The summed E-state index contributed by atoms with van der Waals surface area (Å²) in [5.41, 5.74) is 9.91. The lowest BCUT2D eigenvalue weighted by molar-refractivity contribution is 0.407. The number of hydrogen-bond donors (Lipinski definition) is 1. The molecule has 4 heteroatoms. The van der Waals surface area contributed by atoms with E-state index < -0.39 is 0 Å². The minimum absolute atomic E-state index is 0.326. The third-order valence-electron chi connectivity index (χ3n) is 2.84. The third kappa shape index (κ3) is 2.49. The van der Waals surface area contributed by atoms with Crippen molar-refractivity contribution in [2.75, 3.05) is 7.11 Å². The first-order valence-corrected chi connectivity index (χ1v) is 5.80. The molecule has 0 spiro atoms. The molecule has 1 atom stereocenters. The van der Waals surface area contributed by atoms with Crippen LogP contribution in [0.4, 0.5) is 0 Å². The number of hydrogen-bond acceptors (Lipinski definition) is 4. The molecule has 0 aliphatic carbocycles. The van der Waals surface area contributed by atoms with Gasteiger partial charge in [0.05, 0.1) is 30.7 Å². The zero-order valence-corrected chi connectivity index (χ0v) is 10.8. The fraction of sp³-hybridized carbons (Fsp3) is 0.286. The normalized spacial score (nSPS) is 12.2. The number of methoxy groups -OCH3 is 1. The van der Waals surface area contributed by atoms with E-state index in [9.17, 15) is 0 Å². The second-order valence-corrected chi connectivity index (χ2v) is 4.31. The molecule has 0 bridgehead atoms. The minimum atomic E-state index is -0.326. The fourth-order valence-electron chi connectivity index (χ4n) is 1.82. The molecule has 0 fully saturated rings. The highest BCUT2D eigenvalue weighted by Gasteiger charge is 2.15. The molecule has 1 heterocycles. The van der Waals surface area contributed by atoms with Crippen LogP contribution in [0, 0.1) is 13.8 Å². The number of rotatable bonds is 3. The van der Waals surface area contributed by atoms with Crippen molar-refractivity contribution >= 4 is 0 Å². The highest BCUT2D eigenvalue weighted by atomic mass is 16.5. The maximum atomic E-state index is 6.23. The van der Waals surface area contributed by atoms with E-state index >= 15 is 0 Å². The van der Waals surface area contributed by atoms with Crippen LogP contribution >= 0.6 is 0 Å². The smallest absolute Gasteiger partial charge is 0.124 e. The van der Waals surface area contributed by atoms with Gasteiger partial charge in [0.15, 0.2) is 0 Å². The Bertz CT molecular complexity index is 537. The number of aryl methyl sites for hydroxylation is 2. The minimum Gasteiger partial charge on any atom is -0.496 e. The van der Waals surface area contributed by atoms with Gasteiger partial charge >= 0.3 is 0 Å². The summed E-state index contributed by atoms with van der Waals surface area (Å²) in [6.07, 6.45) is 3.43. The van der Waals surface area contributed by atoms with Crippen molar-refractivity contribution < 1.29 is 4.74 Å². The predicted molar refractivity (Wildman–Crippen MR) is 70.5 cm³/mol. The Labute approximate surface area is 107 Å². The van der Waals surface area contributed by atoms with E-state index in [4.69, 9.17) is 10.5 Å². The second kappa shape index (κ2) is 5.14. The Morgan fingerprint density at radius 1 is 1.17 bits per heavy atom. The summed E-state index contributed by atoms with van der Waals surface area (Å²) in [5.74, 6) is 0.774. The van der Waals surface area contributed by atoms with Gasteiger partial charge in [0.1, 0.15) is 5.75 Å². The van der Waals surface area contributed by atoms with E-state index in [1.807, 2.05) is 32.0 Å². The van der Waals surface area contributed by atoms with E-state index in [2.05, 4.69) is 9.97 Å². The van der Waals surface area contributed by atoms with Crippen molar-refractivity contribution in [1.82, 2.24) is 9.97 Å². The van der Waals surface area contributed by atoms with Crippen molar-refractivity contribution in [2.45, 2.75) is 19.9 Å². The molecule has 4 nitrogen and oxygen atoms in total. The molecule has 0 aliphatic heterocycles. The van der Waals surface area contributed by atoms with Crippen molar-refractivity contribution in [3.05, 3.63) is 53.1 Å². The highest BCUT2D eigenvalue weighted by Crippen LogP contribution is 2.28. The summed E-state index contributed by atoms with van der Waals surface area (Å²) in [6, 6.07) is 5.61. The fourth-order valence-corrected chi connectivity index (χ4v) is 1.82. The largest absolute Gasteiger partial charge is 0.496 e. The van der Waals surface area contributed by atoms with Gasteiger partial charge in [-0.2, -0.15) is 0 Å². The van der Waals surface area contributed by atoms with E-state index in [-0.39, 0.29) is 6.04 Å². The summed E-state index contributed by atoms with van der Waals surface area (Å²) in [6.45, 7) is 3.92. The van der Waals surface area contributed by atoms with Gasteiger partial charge in [0.25, 0.3) is 0 Å². The maximum absolute atomic E-state index is 6.23. The molecule has 0 radical (unpaired) electrons. The number of nitrogens with two attached hydrogens (primary N) is 1. The molecule has 0 aliphatic rings. The highest BCUT2D eigenvalue weighted by molar-refractivity contribution is 5.41. The third-order valence-corrected chi connectivity index (χ3v) is 2.84. The lowest BCUT2D eigenvalue weighted by atomic mass is 10.0. The monoisotopic (exact) mass is 243 g/mol. The first kappa shape index (κ1) is 12.5. The lowest BCUT2D eigenvalue weighted by Gasteiger charge is -2.15. The molecule has 1 aromatic heterocycles. The number of benzene rings is 1. The van der Waals surface area contributed by atoms with Gasteiger partial charge in [-0.05, 0) is 19.9 Å². The predicted octanol–water partition coefficient (Wildman–Crippen LogP) is 2.15. The first-order valence-electron chi connectivity index (χ1n) is 5.80. The van der Waals surface area contributed by atoms with E-state index in [1.54, 1.807) is 19.5 Å². The molecule has 1 aromatic carbocycles. The Kier molecular flexibility index (Phi) is 3.58. The van der Waals surface area contributed by atoms with Crippen LogP contribution in [0.3, 0.4) is 0 Å². The molecular formula is C14H17N3O. The van der Waals surface area contributed by atoms with Gasteiger partial charge in [-0.1, -0.05) is 17.7 Å². The number of nitrogens with zero attached hydrogens (tertiary/aromatic N) is 2. The Morgan fingerprint density at radius 3 is 2.56 bits per heavy atom. The van der Waals surface area contributed by atoms with Crippen molar-refractivity contribution in [3.63, 3.8) is 0 Å². The zero-order chi connectivity index (χ0) is 13.1. The SMILES string of the molecule is COc1ccc(C)cc1C(N)c1cnc(C)cn1. The molecule has 1 unspecified atom stereocenters. The average Bonchev–Trinajstić information content (AvgIpc) is 2.39. The molecule has 94 valence electrons. The summed E-state index contributed by atoms with van der Waals surface area (Å²) in [5, 5.41) is 0. The van der Waals surface area contributed by atoms with E-state index in [0.29, 0.717) is 0 Å². The van der Waals surface area contributed by atoms with Gasteiger partial charge < -0.3 is 10.5 Å². The summed E-state index contributed by atoms with van der Waals surface area (Å²) < 4.78 is 5.34. The molecular weight excluding hydrogens is 226 g/mol. The van der Waals surface area contributed by atoms with Crippen LogP contribution in [0.5, 0.6) is 5.75 Å². The van der Waals surface area contributed by atoms with Gasteiger partial charge in [0, 0.05) is 11.8 Å². The molecule has 0 saturated carbocycles. The Hall–Kier alpha value is -1.94. The number of ether oxygens (including phenoxy) is 1. The first-order chi connectivity index (χ1) is 8.61. The average molecular weight is 243 g/mol. The Balaban J connectivity index is 2.41. The number of aromatic nitrogens is 2. The van der Waals surface area contributed by atoms with Gasteiger partial charge in [-0.3, -0.25) is 9.97 Å². The quantitative estimate of drug-likeness (QED) is 0.897. The molecule has 2 rings (SSSR count). The molecule has 0 saturated heterocycles.